The maximum atomic E-state index is 4.42. The van der Waals surface area contributed by atoms with Gasteiger partial charge in [-0.05, 0) is 51.4 Å². The number of guanidine groups is 1. The molecule has 29 heavy (non-hydrogen) atoms. The summed E-state index contributed by atoms with van der Waals surface area (Å²) < 4.78 is 2.22. The molecule has 0 spiro atoms. The van der Waals surface area contributed by atoms with Crippen LogP contribution in [-0.4, -0.2) is 59.7 Å². The highest BCUT2D eigenvalue weighted by atomic mass is 127. The predicted molar refractivity (Wildman–Crippen MR) is 132 cm³/mol. The monoisotopic (exact) mass is 516 g/mol. The molecule has 2 aliphatic rings. The van der Waals surface area contributed by atoms with E-state index in [4.69, 9.17) is 0 Å². The van der Waals surface area contributed by atoms with E-state index in [9.17, 15) is 0 Å². The number of aromatic nitrogens is 2. The van der Waals surface area contributed by atoms with Crippen molar-refractivity contribution in [1.82, 2.24) is 25.1 Å². The predicted octanol–water partition coefficient (Wildman–Crippen LogP) is 3.80. The molecule has 166 valence electrons. The zero-order valence-corrected chi connectivity index (χ0v) is 20.7. The maximum absolute atomic E-state index is 4.42. The van der Waals surface area contributed by atoms with Crippen LogP contribution in [0.2, 0.25) is 0 Å². The molecular weight excluding hydrogens is 475 g/mol. The van der Waals surface area contributed by atoms with E-state index in [-0.39, 0.29) is 24.0 Å². The van der Waals surface area contributed by atoms with Gasteiger partial charge in [-0.1, -0.05) is 19.3 Å². The number of aliphatic imine (C=N–C) groups is 1. The summed E-state index contributed by atoms with van der Waals surface area (Å²) in [7, 11) is 1.88. The molecule has 2 N–H and O–H groups in total. The molecule has 1 aliphatic heterocycles. The van der Waals surface area contributed by atoms with Crippen LogP contribution in [0.25, 0.3) is 0 Å². The van der Waals surface area contributed by atoms with E-state index >= 15 is 0 Å². The van der Waals surface area contributed by atoms with Gasteiger partial charge in [-0.3, -0.25) is 4.99 Å². The van der Waals surface area contributed by atoms with Crippen molar-refractivity contribution >= 4 is 29.9 Å². The summed E-state index contributed by atoms with van der Waals surface area (Å²) in [6.45, 7) is 7.86. The lowest BCUT2D eigenvalue weighted by molar-refractivity contribution is 0.160. The Bertz CT molecular complexity index is 588. The molecule has 0 unspecified atom stereocenters. The molecular formula is C22H41IN6. The van der Waals surface area contributed by atoms with E-state index in [1.807, 2.05) is 13.2 Å². The van der Waals surface area contributed by atoms with Gasteiger partial charge in [0.1, 0.15) is 5.82 Å². The van der Waals surface area contributed by atoms with Gasteiger partial charge in [-0.25, -0.2) is 4.98 Å². The number of halogens is 1. The molecule has 0 aromatic carbocycles. The largest absolute Gasteiger partial charge is 0.356 e. The van der Waals surface area contributed by atoms with Crippen molar-refractivity contribution in [3.05, 3.63) is 18.2 Å². The number of nitrogens with zero attached hydrogens (tertiary/aromatic N) is 4. The second-order valence-corrected chi connectivity index (χ2v) is 8.60. The number of likely N-dealkylation sites (tertiary alicyclic amines) is 1. The number of aryl methyl sites for hydroxylation is 2. The van der Waals surface area contributed by atoms with Crippen LogP contribution in [0.3, 0.4) is 0 Å². The SMILES string of the molecule is CN=C(NCCCCn1ccnc1C)NC1CCN(CC2CCCCC2)CC1.I. The summed E-state index contributed by atoms with van der Waals surface area (Å²) >= 11 is 0. The summed E-state index contributed by atoms with van der Waals surface area (Å²) in [5.74, 6) is 3.02. The topological polar surface area (TPSA) is 57.5 Å². The summed E-state index contributed by atoms with van der Waals surface area (Å²) in [6, 6.07) is 0.558. The Balaban J connectivity index is 0.00000300. The second-order valence-electron chi connectivity index (χ2n) is 8.60. The minimum Gasteiger partial charge on any atom is -0.356 e. The van der Waals surface area contributed by atoms with Crippen LogP contribution in [0, 0.1) is 12.8 Å². The van der Waals surface area contributed by atoms with Gasteiger partial charge < -0.3 is 20.1 Å². The zero-order chi connectivity index (χ0) is 19.6. The Kier molecular flexibility index (Phi) is 11.4. The first-order valence-corrected chi connectivity index (χ1v) is 11.4. The molecule has 1 saturated carbocycles. The molecule has 0 amide bonds. The molecule has 1 aliphatic carbocycles. The van der Waals surface area contributed by atoms with Crippen molar-refractivity contribution in [3.8, 4) is 0 Å². The van der Waals surface area contributed by atoms with Crippen LogP contribution < -0.4 is 10.6 Å². The molecule has 7 heteroatoms. The van der Waals surface area contributed by atoms with E-state index in [1.54, 1.807) is 0 Å². The Morgan fingerprint density at radius 1 is 1.14 bits per heavy atom. The van der Waals surface area contributed by atoms with Crippen LogP contribution in [-0.2, 0) is 6.54 Å². The van der Waals surface area contributed by atoms with Gasteiger partial charge in [0.15, 0.2) is 5.96 Å². The molecule has 6 nitrogen and oxygen atoms in total. The summed E-state index contributed by atoms with van der Waals surface area (Å²) in [4.78, 5) is 11.4. The normalized spacial score (nSPS) is 19.7. The highest BCUT2D eigenvalue weighted by Crippen LogP contribution is 2.25. The lowest BCUT2D eigenvalue weighted by atomic mass is 9.88. The Morgan fingerprint density at radius 2 is 1.90 bits per heavy atom. The minimum absolute atomic E-state index is 0. The molecule has 3 rings (SSSR count). The van der Waals surface area contributed by atoms with E-state index in [0.717, 1.165) is 43.6 Å². The molecule has 2 heterocycles. The van der Waals surface area contributed by atoms with Crippen molar-refractivity contribution in [2.45, 2.75) is 77.3 Å². The molecule has 0 atom stereocenters. The highest BCUT2D eigenvalue weighted by Gasteiger charge is 2.23. The molecule has 0 bridgehead atoms. The quantitative estimate of drug-likeness (QED) is 0.239. The summed E-state index contributed by atoms with van der Waals surface area (Å²) in [5, 5.41) is 7.13. The lowest BCUT2D eigenvalue weighted by Gasteiger charge is -2.36. The molecule has 1 aromatic heterocycles. The summed E-state index contributed by atoms with van der Waals surface area (Å²) in [5.41, 5.74) is 0. The molecule has 1 saturated heterocycles. The van der Waals surface area contributed by atoms with Crippen molar-refractivity contribution < 1.29 is 0 Å². The van der Waals surface area contributed by atoms with E-state index in [2.05, 4.69) is 43.2 Å². The third-order valence-electron chi connectivity index (χ3n) is 6.44. The van der Waals surface area contributed by atoms with Crippen molar-refractivity contribution in [1.29, 1.82) is 0 Å². The van der Waals surface area contributed by atoms with E-state index in [1.165, 1.54) is 64.6 Å². The number of hydrogen-bond donors (Lipinski definition) is 2. The van der Waals surface area contributed by atoms with Crippen molar-refractivity contribution in [3.63, 3.8) is 0 Å². The van der Waals surface area contributed by atoms with Gasteiger partial charge >= 0.3 is 0 Å². The standard InChI is InChI=1S/C22H40N6.HI/c1-19-24-13-17-28(19)14-7-6-12-25-22(23-2)26-21-10-15-27(16-11-21)18-20-8-4-3-5-9-20;/h13,17,20-21H,3-12,14-16,18H2,1-2H3,(H2,23,25,26);1H. The smallest absolute Gasteiger partial charge is 0.191 e. The first kappa shape index (κ1) is 24.4. The Labute approximate surface area is 194 Å². The number of piperidine rings is 1. The minimum atomic E-state index is 0. The number of imidazole rings is 1. The first-order valence-electron chi connectivity index (χ1n) is 11.4. The fraction of sp³-hybridized carbons (Fsp3) is 0.818. The van der Waals surface area contributed by atoms with Crippen LogP contribution in [0.4, 0.5) is 0 Å². The summed E-state index contributed by atoms with van der Waals surface area (Å²) in [6.07, 6.45) is 15.9. The van der Waals surface area contributed by atoms with Crippen LogP contribution in [0.5, 0.6) is 0 Å². The lowest BCUT2D eigenvalue weighted by Crippen LogP contribution is -2.49. The van der Waals surface area contributed by atoms with Gasteiger partial charge in [-0.15, -0.1) is 24.0 Å². The average molecular weight is 517 g/mol. The van der Waals surface area contributed by atoms with Gasteiger partial charge in [0.05, 0.1) is 0 Å². The van der Waals surface area contributed by atoms with Crippen LogP contribution in [0.1, 0.15) is 63.6 Å². The molecule has 1 aromatic rings. The van der Waals surface area contributed by atoms with Gasteiger partial charge in [0.25, 0.3) is 0 Å². The first-order chi connectivity index (χ1) is 13.7. The number of hydrogen-bond acceptors (Lipinski definition) is 3. The van der Waals surface area contributed by atoms with Crippen LogP contribution >= 0.6 is 24.0 Å². The van der Waals surface area contributed by atoms with Crippen LogP contribution in [0.15, 0.2) is 17.4 Å². The van der Waals surface area contributed by atoms with Gasteiger partial charge in [-0.2, -0.15) is 0 Å². The van der Waals surface area contributed by atoms with Gasteiger partial charge in [0.2, 0.25) is 0 Å². The third-order valence-corrected chi connectivity index (χ3v) is 6.44. The zero-order valence-electron chi connectivity index (χ0n) is 18.4. The van der Waals surface area contributed by atoms with E-state index in [0.29, 0.717) is 6.04 Å². The molecule has 2 fully saturated rings. The highest BCUT2D eigenvalue weighted by molar-refractivity contribution is 14.0. The fourth-order valence-electron chi connectivity index (χ4n) is 4.64. The van der Waals surface area contributed by atoms with Crippen molar-refractivity contribution in [2.24, 2.45) is 10.9 Å². The number of rotatable bonds is 8. The second kappa shape index (κ2) is 13.5. The number of nitrogens with one attached hydrogen (secondary N) is 2. The van der Waals surface area contributed by atoms with Crippen molar-refractivity contribution in [2.75, 3.05) is 33.2 Å². The third kappa shape index (κ3) is 8.44. The van der Waals surface area contributed by atoms with Gasteiger partial charge in [0, 0.05) is 58.2 Å². The number of unbranched alkanes of at least 4 members (excludes halogenated alkanes) is 1. The average Bonchev–Trinajstić information content (AvgIpc) is 3.13. The Hall–Kier alpha value is -0.830. The Morgan fingerprint density at radius 3 is 2.55 bits per heavy atom. The molecule has 0 radical (unpaired) electrons. The van der Waals surface area contributed by atoms with E-state index < -0.39 is 0 Å². The maximum Gasteiger partial charge on any atom is 0.191 e. The fourth-order valence-corrected chi connectivity index (χ4v) is 4.64.